The summed E-state index contributed by atoms with van der Waals surface area (Å²) in [4.78, 5) is 26.8. The molecule has 7 nitrogen and oxygen atoms in total. The van der Waals surface area contributed by atoms with Gasteiger partial charge in [-0.25, -0.2) is 4.39 Å². The second-order valence-electron chi connectivity index (χ2n) is 7.73. The molecule has 0 radical (unpaired) electrons. The zero-order chi connectivity index (χ0) is 22.5. The number of piperidine rings is 1. The number of ether oxygens (including phenoxy) is 1. The highest BCUT2D eigenvalue weighted by Gasteiger charge is 2.28. The van der Waals surface area contributed by atoms with Crippen LogP contribution in [0.3, 0.4) is 0 Å². The standard InChI is InChI=1S/C23H27FN4O3/c1-4-31-23(30)17-6-5-11-27(13-17)14-21(29)26-22-20(12-25)15(2)16(3)28(22)19-9-7-18(24)8-10-19/h7-10,17H,4-6,11,13-14H2,1-3H3,(H,26,29)/t17-/m1/s1. The number of nitrogens with zero attached hydrogens (tertiary/aromatic N) is 3. The summed E-state index contributed by atoms with van der Waals surface area (Å²) in [5, 5.41) is 12.5. The van der Waals surface area contributed by atoms with Crippen molar-refractivity contribution in [1.82, 2.24) is 9.47 Å². The van der Waals surface area contributed by atoms with E-state index in [1.54, 1.807) is 23.6 Å². The van der Waals surface area contributed by atoms with E-state index < -0.39 is 0 Å². The lowest BCUT2D eigenvalue weighted by Crippen LogP contribution is -2.43. The van der Waals surface area contributed by atoms with E-state index in [4.69, 9.17) is 4.74 Å². The van der Waals surface area contributed by atoms with Gasteiger partial charge < -0.3 is 10.1 Å². The Morgan fingerprint density at radius 2 is 2.00 bits per heavy atom. The minimum absolute atomic E-state index is 0.105. The van der Waals surface area contributed by atoms with Gasteiger partial charge in [0.1, 0.15) is 17.7 Å². The summed E-state index contributed by atoms with van der Waals surface area (Å²) in [6.45, 7) is 7.07. The van der Waals surface area contributed by atoms with E-state index in [0.29, 0.717) is 36.8 Å². The molecule has 8 heteroatoms. The third-order valence-electron chi connectivity index (χ3n) is 5.66. The number of nitriles is 1. The number of benzene rings is 1. The van der Waals surface area contributed by atoms with Gasteiger partial charge in [-0.05, 0) is 70.0 Å². The minimum atomic E-state index is -0.363. The van der Waals surface area contributed by atoms with Crippen LogP contribution < -0.4 is 5.32 Å². The van der Waals surface area contributed by atoms with E-state index in [1.807, 2.05) is 18.7 Å². The van der Waals surface area contributed by atoms with Crippen molar-refractivity contribution in [1.29, 1.82) is 5.26 Å². The van der Waals surface area contributed by atoms with Gasteiger partial charge >= 0.3 is 5.97 Å². The number of aromatic nitrogens is 1. The average Bonchev–Trinajstić information content (AvgIpc) is 2.98. The van der Waals surface area contributed by atoms with Gasteiger partial charge in [-0.1, -0.05) is 0 Å². The molecule has 1 fully saturated rings. The summed E-state index contributed by atoms with van der Waals surface area (Å²) < 4.78 is 20.3. The second kappa shape index (κ2) is 9.75. The number of amides is 1. The molecule has 2 aromatic rings. The van der Waals surface area contributed by atoms with E-state index in [9.17, 15) is 19.2 Å². The molecule has 1 amide bonds. The molecule has 0 unspecified atom stereocenters. The molecule has 0 bridgehead atoms. The Balaban J connectivity index is 1.80. The first-order valence-electron chi connectivity index (χ1n) is 10.4. The fourth-order valence-electron chi connectivity index (χ4n) is 4.00. The highest BCUT2D eigenvalue weighted by molar-refractivity contribution is 5.93. The van der Waals surface area contributed by atoms with Crippen molar-refractivity contribution in [2.45, 2.75) is 33.6 Å². The van der Waals surface area contributed by atoms with Crippen LogP contribution in [0.1, 0.15) is 36.6 Å². The molecule has 1 saturated heterocycles. The lowest BCUT2D eigenvalue weighted by Gasteiger charge is -2.30. The number of carbonyl (C=O) groups is 2. The van der Waals surface area contributed by atoms with Gasteiger partial charge in [0.2, 0.25) is 5.91 Å². The molecule has 31 heavy (non-hydrogen) atoms. The summed E-state index contributed by atoms with van der Waals surface area (Å²) in [6.07, 6.45) is 1.56. The van der Waals surface area contributed by atoms with Gasteiger partial charge in [0.25, 0.3) is 0 Å². The third-order valence-corrected chi connectivity index (χ3v) is 5.66. The number of hydrogen-bond donors (Lipinski definition) is 1. The van der Waals surface area contributed by atoms with Crippen molar-refractivity contribution in [3.05, 3.63) is 46.9 Å². The summed E-state index contributed by atoms with van der Waals surface area (Å²) >= 11 is 0. The zero-order valence-corrected chi connectivity index (χ0v) is 18.1. The molecule has 1 atom stereocenters. The van der Waals surface area contributed by atoms with Gasteiger partial charge in [0.15, 0.2) is 0 Å². The third kappa shape index (κ3) is 4.94. The number of esters is 1. The fraction of sp³-hybridized carbons (Fsp3) is 0.435. The average molecular weight is 426 g/mol. The molecule has 164 valence electrons. The maximum atomic E-state index is 13.4. The fourth-order valence-corrected chi connectivity index (χ4v) is 4.00. The van der Waals surface area contributed by atoms with E-state index in [1.165, 1.54) is 12.1 Å². The van der Waals surface area contributed by atoms with Crippen LogP contribution >= 0.6 is 0 Å². The van der Waals surface area contributed by atoms with Gasteiger partial charge in [0, 0.05) is 17.9 Å². The lowest BCUT2D eigenvalue weighted by molar-refractivity contribution is -0.150. The first-order valence-corrected chi connectivity index (χ1v) is 10.4. The molecule has 1 aliphatic rings. The van der Waals surface area contributed by atoms with Crippen molar-refractivity contribution < 1.29 is 18.7 Å². The van der Waals surface area contributed by atoms with Gasteiger partial charge in [-0.3, -0.25) is 19.1 Å². The predicted molar refractivity (Wildman–Crippen MR) is 114 cm³/mol. The number of rotatable bonds is 6. The van der Waals surface area contributed by atoms with Gasteiger partial charge in [0.05, 0.1) is 24.6 Å². The van der Waals surface area contributed by atoms with Crippen molar-refractivity contribution in [2.24, 2.45) is 5.92 Å². The molecule has 0 aliphatic carbocycles. The first kappa shape index (κ1) is 22.5. The molecule has 1 aromatic carbocycles. The number of hydrogen-bond acceptors (Lipinski definition) is 5. The maximum absolute atomic E-state index is 13.4. The highest BCUT2D eigenvalue weighted by atomic mass is 19.1. The molecule has 1 aromatic heterocycles. The Morgan fingerprint density at radius 1 is 1.29 bits per heavy atom. The van der Waals surface area contributed by atoms with E-state index >= 15 is 0 Å². The normalized spacial score (nSPS) is 16.5. The SMILES string of the molecule is CCOC(=O)[C@@H]1CCCN(CC(=O)Nc2c(C#N)c(C)c(C)n2-c2ccc(F)cc2)C1. The summed E-state index contributed by atoms with van der Waals surface area (Å²) in [5.74, 6) is -0.730. The summed E-state index contributed by atoms with van der Waals surface area (Å²) in [7, 11) is 0. The number of anilines is 1. The van der Waals surface area contributed by atoms with Crippen LogP contribution in [0.5, 0.6) is 0 Å². The van der Waals surface area contributed by atoms with Gasteiger partial charge in [-0.2, -0.15) is 5.26 Å². The van der Waals surface area contributed by atoms with E-state index in [-0.39, 0.29) is 30.2 Å². The van der Waals surface area contributed by atoms with Crippen molar-refractivity contribution >= 4 is 17.7 Å². The van der Waals surface area contributed by atoms with Crippen molar-refractivity contribution in [3.8, 4) is 11.8 Å². The van der Waals surface area contributed by atoms with Crippen LogP contribution in [0.4, 0.5) is 10.2 Å². The van der Waals surface area contributed by atoms with E-state index in [0.717, 1.165) is 24.1 Å². The Labute approximate surface area is 181 Å². The lowest BCUT2D eigenvalue weighted by atomic mass is 9.98. The van der Waals surface area contributed by atoms with Crippen LogP contribution in [0, 0.1) is 36.9 Å². The molecule has 1 N–H and O–H groups in total. The first-order chi connectivity index (χ1) is 14.8. The number of likely N-dealkylation sites (tertiary alicyclic amines) is 1. The smallest absolute Gasteiger partial charge is 0.310 e. The topological polar surface area (TPSA) is 87.4 Å². The number of nitrogens with one attached hydrogen (secondary N) is 1. The molecular formula is C23H27FN4O3. The predicted octanol–water partition coefficient (Wildman–Crippen LogP) is 3.32. The van der Waals surface area contributed by atoms with Gasteiger partial charge in [-0.15, -0.1) is 0 Å². The Morgan fingerprint density at radius 3 is 2.65 bits per heavy atom. The molecule has 3 rings (SSSR count). The number of carbonyl (C=O) groups excluding carboxylic acids is 2. The van der Waals surface area contributed by atoms with Crippen LogP contribution in [0.15, 0.2) is 24.3 Å². The molecule has 0 saturated carbocycles. The Hall–Kier alpha value is -3.18. The molecule has 0 spiro atoms. The maximum Gasteiger partial charge on any atom is 0.310 e. The molecule has 1 aliphatic heterocycles. The number of halogens is 1. The molecular weight excluding hydrogens is 399 g/mol. The van der Waals surface area contributed by atoms with Crippen molar-refractivity contribution in [2.75, 3.05) is 31.6 Å². The summed E-state index contributed by atoms with van der Waals surface area (Å²) in [6, 6.07) is 8.05. The minimum Gasteiger partial charge on any atom is -0.466 e. The van der Waals surface area contributed by atoms with Crippen LogP contribution in [0.2, 0.25) is 0 Å². The Bertz CT molecular complexity index is 1010. The monoisotopic (exact) mass is 426 g/mol. The Kier molecular flexibility index (Phi) is 7.08. The summed E-state index contributed by atoms with van der Waals surface area (Å²) in [5.41, 5.74) is 2.57. The van der Waals surface area contributed by atoms with Crippen LogP contribution in [-0.2, 0) is 14.3 Å². The quantitative estimate of drug-likeness (QED) is 0.716. The van der Waals surface area contributed by atoms with Crippen molar-refractivity contribution in [3.63, 3.8) is 0 Å². The second-order valence-corrected chi connectivity index (χ2v) is 7.73. The molecule has 2 heterocycles. The highest BCUT2D eigenvalue weighted by Crippen LogP contribution is 2.30. The zero-order valence-electron chi connectivity index (χ0n) is 18.1. The van der Waals surface area contributed by atoms with Crippen LogP contribution in [0.25, 0.3) is 5.69 Å². The largest absolute Gasteiger partial charge is 0.466 e. The van der Waals surface area contributed by atoms with E-state index in [2.05, 4.69) is 11.4 Å². The van der Waals surface area contributed by atoms with Crippen LogP contribution in [-0.4, -0.2) is 47.6 Å².